The van der Waals surface area contributed by atoms with Crippen LogP contribution in [-0.2, 0) is 27.2 Å². The van der Waals surface area contributed by atoms with Crippen LogP contribution in [0.1, 0.15) is 29.5 Å². The maximum absolute atomic E-state index is 13.1. The molecule has 0 unspecified atom stereocenters. The number of benzene rings is 2. The molecule has 1 saturated heterocycles. The zero-order valence-corrected chi connectivity index (χ0v) is 19.4. The van der Waals surface area contributed by atoms with Gasteiger partial charge in [-0.25, -0.2) is 8.42 Å². The van der Waals surface area contributed by atoms with Gasteiger partial charge in [0.15, 0.2) is 0 Å². The van der Waals surface area contributed by atoms with E-state index in [1.54, 1.807) is 6.92 Å². The maximum atomic E-state index is 13.1. The summed E-state index contributed by atoms with van der Waals surface area (Å²) in [6.45, 7) is 1.50. The van der Waals surface area contributed by atoms with Crippen molar-refractivity contribution >= 4 is 21.6 Å². The highest BCUT2D eigenvalue weighted by Crippen LogP contribution is 2.38. The molecule has 1 amide bonds. The number of rotatable bonds is 5. The van der Waals surface area contributed by atoms with Gasteiger partial charge < -0.3 is 10.1 Å². The summed E-state index contributed by atoms with van der Waals surface area (Å²) in [5.74, 6) is -1.36. The number of anilines is 1. The lowest BCUT2D eigenvalue weighted by atomic mass is 9.98. The quantitative estimate of drug-likeness (QED) is 0.554. The smallest absolute Gasteiger partial charge is 0.416 e. The van der Waals surface area contributed by atoms with Crippen LogP contribution in [0, 0.1) is 12.8 Å². The van der Waals surface area contributed by atoms with E-state index in [-0.39, 0.29) is 36.9 Å². The monoisotopic (exact) mass is 524 g/mol. The van der Waals surface area contributed by atoms with E-state index in [1.165, 1.54) is 25.3 Å². The van der Waals surface area contributed by atoms with E-state index in [1.807, 2.05) is 0 Å². The molecule has 1 atom stereocenters. The number of carbonyl (C=O) groups is 1. The van der Waals surface area contributed by atoms with Crippen molar-refractivity contribution in [2.24, 2.45) is 5.92 Å². The van der Waals surface area contributed by atoms with Crippen LogP contribution in [0.15, 0.2) is 41.3 Å². The highest BCUT2D eigenvalue weighted by Gasteiger charge is 2.38. The van der Waals surface area contributed by atoms with Crippen molar-refractivity contribution in [3.05, 3.63) is 53.1 Å². The zero-order chi connectivity index (χ0) is 26.2. The molecule has 0 spiro atoms. The third-order valence-corrected chi connectivity index (χ3v) is 7.48. The molecular weight excluding hydrogens is 502 g/mol. The summed E-state index contributed by atoms with van der Waals surface area (Å²) in [7, 11) is -2.56. The standard InChI is InChI=1S/C22H22F6N2O4S/c1-13-8-18(5-6-19(13)34-2)35(32,33)30-7-3-4-14(12-30)20(31)29-17-10-15(21(23,24)25)9-16(11-17)22(26,27)28/h5-6,8-11,14H,3-4,7,12H2,1-2H3,(H,29,31)/t14-/m1/s1. The van der Waals surface area contributed by atoms with Crippen LogP contribution >= 0.6 is 0 Å². The van der Waals surface area contributed by atoms with Crippen molar-refractivity contribution in [1.29, 1.82) is 0 Å². The Morgan fingerprint density at radius 1 is 1.03 bits per heavy atom. The molecule has 1 aliphatic rings. The molecule has 0 bridgehead atoms. The number of hydrogen-bond donors (Lipinski definition) is 1. The summed E-state index contributed by atoms with van der Waals surface area (Å²) in [5.41, 5.74) is -3.23. The minimum Gasteiger partial charge on any atom is -0.496 e. The molecule has 0 aromatic heterocycles. The summed E-state index contributed by atoms with van der Waals surface area (Å²) >= 11 is 0. The zero-order valence-electron chi connectivity index (χ0n) is 18.6. The Bertz CT molecular complexity index is 1180. The molecule has 1 fully saturated rings. The molecule has 1 aliphatic heterocycles. The van der Waals surface area contributed by atoms with Gasteiger partial charge in [-0.1, -0.05) is 0 Å². The lowest BCUT2D eigenvalue weighted by molar-refractivity contribution is -0.143. The predicted molar refractivity (Wildman–Crippen MR) is 114 cm³/mol. The topological polar surface area (TPSA) is 75.7 Å². The van der Waals surface area contributed by atoms with Crippen molar-refractivity contribution < 1.29 is 44.3 Å². The largest absolute Gasteiger partial charge is 0.496 e. The van der Waals surface area contributed by atoms with Gasteiger partial charge in [0.05, 0.1) is 29.1 Å². The molecule has 2 aromatic rings. The number of piperidine rings is 1. The first kappa shape index (κ1) is 26.8. The molecule has 1 heterocycles. The van der Waals surface area contributed by atoms with Gasteiger partial charge in [0.1, 0.15) is 5.75 Å². The molecule has 13 heteroatoms. The molecule has 0 aliphatic carbocycles. The number of nitrogens with one attached hydrogen (secondary N) is 1. The Balaban J connectivity index is 1.82. The second-order valence-corrected chi connectivity index (χ2v) is 10.1. The molecule has 35 heavy (non-hydrogen) atoms. The van der Waals surface area contributed by atoms with E-state index >= 15 is 0 Å². The van der Waals surface area contributed by atoms with Crippen molar-refractivity contribution in [3.63, 3.8) is 0 Å². The van der Waals surface area contributed by atoms with Crippen molar-refractivity contribution in [3.8, 4) is 5.75 Å². The average Bonchev–Trinajstić information content (AvgIpc) is 2.77. The maximum Gasteiger partial charge on any atom is 0.416 e. The molecule has 3 rings (SSSR count). The van der Waals surface area contributed by atoms with Crippen LogP contribution in [0.4, 0.5) is 32.0 Å². The van der Waals surface area contributed by atoms with Gasteiger partial charge in [-0.05, 0) is 61.7 Å². The Morgan fingerprint density at radius 3 is 2.14 bits per heavy atom. The molecule has 192 valence electrons. The van der Waals surface area contributed by atoms with Gasteiger partial charge in [0.25, 0.3) is 0 Å². The molecular formula is C22H22F6N2O4S. The fraction of sp³-hybridized carbons (Fsp3) is 0.409. The van der Waals surface area contributed by atoms with Gasteiger partial charge >= 0.3 is 12.4 Å². The van der Waals surface area contributed by atoms with Crippen LogP contribution in [0.5, 0.6) is 5.75 Å². The highest BCUT2D eigenvalue weighted by atomic mass is 32.2. The Labute approximate surface area is 197 Å². The third-order valence-electron chi connectivity index (χ3n) is 5.61. The van der Waals surface area contributed by atoms with E-state index < -0.39 is 51.0 Å². The summed E-state index contributed by atoms with van der Waals surface area (Å²) in [4.78, 5) is 12.7. The van der Waals surface area contributed by atoms with Crippen LogP contribution in [-0.4, -0.2) is 38.8 Å². The Kier molecular flexibility index (Phi) is 7.42. The van der Waals surface area contributed by atoms with Crippen LogP contribution < -0.4 is 10.1 Å². The summed E-state index contributed by atoms with van der Waals surface area (Å²) in [6, 6.07) is 5.03. The number of aryl methyl sites for hydroxylation is 1. The SMILES string of the molecule is COc1ccc(S(=O)(=O)N2CCC[C@@H](C(=O)Nc3cc(C(F)(F)F)cc(C(F)(F)F)c3)C2)cc1C. The van der Waals surface area contributed by atoms with Gasteiger partial charge in [0.2, 0.25) is 15.9 Å². The van der Waals surface area contributed by atoms with E-state index in [4.69, 9.17) is 4.74 Å². The summed E-state index contributed by atoms with van der Waals surface area (Å²) < 4.78 is 111. The number of halogens is 6. The van der Waals surface area contributed by atoms with Crippen molar-refractivity contribution in [1.82, 2.24) is 4.31 Å². The Hall–Kier alpha value is -2.80. The first-order chi connectivity index (χ1) is 16.1. The molecule has 1 N–H and O–H groups in total. The minimum atomic E-state index is -5.06. The second-order valence-electron chi connectivity index (χ2n) is 8.12. The molecule has 0 saturated carbocycles. The van der Waals surface area contributed by atoms with Gasteiger partial charge in [-0.15, -0.1) is 0 Å². The van der Waals surface area contributed by atoms with E-state index in [2.05, 4.69) is 5.32 Å². The van der Waals surface area contributed by atoms with Crippen LogP contribution in [0.25, 0.3) is 0 Å². The third kappa shape index (κ3) is 6.07. The van der Waals surface area contributed by atoms with Gasteiger partial charge in [0, 0.05) is 18.8 Å². The van der Waals surface area contributed by atoms with E-state index in [9.17, 15) is 39.6 Å². The molecule has 2 aromatic carbocycles. The number of amides is 1. The van der Waals surface area contributed by atoms with E-state index in [0.717, 1.165) is 4.31 Å². The lowest BCUT2D eigenvalue weighted by Crippen LogP contribution is -2.43. The normalized spacial score (nSPS) is 17.8. The highest BCUT2D eigenvalue weighted by molar-refractivity contribution is 7.89. The van der Waals surface area contributed by atoms with Gasteiger partial charge in [-0.3, -0.25) is 4.79 Å². The lowest BCUT2D eigenvalue weighted by Gasteiger charge is -2.31. The van der Waals surface area contributed by atoms with Crippen LogP contribution in [0.3, 0.4) is 0 Å². The number of sulfonamides is 1. The second kappa shape index (κ2) is 9.69. The number of carbonyl (C=O) groups excluding carboxylic acids is 1. The number of ether oxygens (including phenoxy) is 1. The average molecular weight is 524 g/mol. The predicted octanol–water partition coefficient (Wildman–Crippen LogP) is 5.08. The first-order valence-electron chi connectivity index (χ1n) is 10.4. The van der Waals surface area contributed by atoms with Crippen molar-refractivity contribution in [2.45, 2.75) is 37.0 Å². The summed E-state index contributed by atoms with van der Waals surface area (Å²) in [5, 5.41) is 2.10. The fourth-order valence-electron chi connectivity index (χ4n) is 3.81. The number of hydrogen-bond acceptors (Lipinski definition) is 4. The number of nitrogens with zero attached hydrogens (tertiary/aromatic N) is 1. The molecule has 0 radical (unpaired) electrons. The first-order valence-corrected chi connectivity index (χ1v) is 11.8. The Morgan fingerprint density at radius 2 is 1.63 bits per heavy atom. The van der Waals surface area contributed by atoms with Crippen molar-refractivity contribution in [2.75, 3.05) is 25.5 Å². The van der Waals surface area contributed by atoms with E-state index in [0.29, 0.717) is 23.4 Å². The minimum absolute atomic E-state index is 0.0236. The summed E-state index contributed by atoms with van der Waals surface area (Å²) in [6.07, 6.45) is -9.63. The number of methoxy groups -OCH3 is 1. The van der Waals surface area contributed by atoms with Gasteiger partial charge in [-0.2, -0.15) is 30.6 Å². The van der Waals surface area contributed by atoms with Crippen LogP contribution in [0.2, 0.25) is 0 Å². The number of alkyl halides is 6. The fourth-order valence-corrected chi connectivity index (χ4v) is 5.42. The molecule has 6 nitrogen and oxygen atoms in total.